The van der Waals surface area contributed by atoms with Crippen LogP contribution in [0.5, 0.6) is 0 Å². The molecule has 6 nitrogen and oxygen atoms in total. The van der Waals surface area contributed by atoms with Crippen LogP contribution in [0.2, 0.25) is 0 Å². The molecule has 0 aliphatic heterocycles. The number of aromatic amines is 1. The number of anilines is 1. The van der Waals surface area contributed by atoms with Crippen molar-refractivity contribution in [3.63, 3.8) is 0 Å². The third kappa shape index (κ3) is 3.71. The van der Waals surface area contributed by atoms with Crippen LogP contribution < -0.4 is 10.3 Å². The molecule has 0 fully saturated rings. The maximum atomic E-state index is 12.7. The van der Waals surface area contributed by atoms with Crippen molar-refractivity contribution in [2.24, 2.45) is 0 Å². The lowest BCUT2D eigenvalue weighted by Crippen LogP contribution is -2.34. The van der Waals surface area contributed by atoms with E-state index in [1.807, 2.05) is 0 Å². The van der Waals surface area contributed by atoms with Gasteiger partial charge < -0.3 is 14.6 Å². The van der Waals surface area contributed by atoms with Gasteiger partial charge in [-0.3, -0.25) is 9.59 Å². The highest BCUT2D eigenvalue weighted by molar-refractivity contribution is 6.06. The summed E-state index contributed by atoms with van der Waals surface area (Å²) in [7, 11) is 0. The fraction of sp³-hybridized carbons (Fsp3) is 0.278. The number of carbonyl (C=O) groups excluding carboxylic acids is 2. The SMILES string of the molecule is CCOC(=O)c1cccc(N(CC)C(=O)c2c[nH]c(C)cc2=O)c1. The van der Waals surface area contributed by atoms with Crippen LogP contribution in [0.3, 0.4) is 0 Å². The summed E-state index contributed by atoms with van der Waals surface area (Å²) >= 11 is 0. The van der Waals surface area contributed by atoms with Crippen molar-refractivity contribution in [3.05, 3.63) is 63.6 Å². The smallest absolute Gasteiger partial charge is 0.338 e. The molecule has 0 bridgehead atoms. The number of aromatic nitrogens is 1. The summed E-state index contributed by atoms with van der Waals surface area (Å²) in [6.45, 7) is 5.91. The second kappa shape index (κ2) is 7.59. The first-order valence-electron chi connectivity index (χ1n) is 7.76. The second-order valence-corrected chi connectivity index (χ2v) is 5.21. The number of ether oxygens (including phenoxy) is 1. The molecule has 24 heavy (non-hydrogen) atoms. The fourth-order valence-electron chi connectivity index (χ4n) is 2.34. The molecular weight excluding hydrogens is 308 g/mol. The van der Waals surface area contributed by atoms with Gasteiger partial charge >= 0.3 is 5.97 Å². The zero-order valence-corrected chi connectivity index (χ0v) is 14.0. The minimum absolute atomic E-state index is 0.0592. The van der Waals surface area contributed by atoms with Gasteiger partial charge in [0.15, 0.2) is 5.43 Å². The third-order valence-corrected chi connectivity index (χ3v) is 3.52. The molecule has 1 amide bonds. The number of pyridine rings is 1. The Kier molecular flexibility index (Phi) is 5.52. The van der Waals surface area contributed by atoms with Gasteiger partial charge in [0.1, 0.15) is 5.56 Å². The van der Waals surface area contributed by atoms with Crippen LogP contribution in [0.25, 0.3) is 0 Å². The van der Waals surface area contributed by atoms with E-state index in [2.05, 4.69) is 4.98 Å². The van der Waals surface area contributed by atoms with E-state index in [0.29, 0.717) is 23.5 Å². The monoisotopic (exact) mass is 328 g/mol. The molecule has 6 heteroatoms. The Morgan fingerprint density at radius 3 is 2.58 bits per heavy atom. The maximum absolute atomic E-state index is 12.7. The van der Waals surface area contributed by atoms with E-state index in [1.165, 1.54) is 17.2 Å². The Hall–Kier alpha value is -2.89. The Balaban J connectivity index is 2.37. The lowest BCUT2D eigenvalue weighted by atomic mass is 10.1. The number of hydrogen-bond donors (Lipinski definition) is 1. The summed E-state index contributed by atoms with van der Waals surface area (Å²) in [6.07, 6.45) is 1.41. The Morgan fingerprint density at radius 2 is 1.96 bits per heavy atom. The molecule has 0 saturated heterocycles. The van der Waals surface area contributed by atoms with Gasteiger partial charge in [0.25, 0.3) is 5.91 Å². The lowest BCUT2D eigenvalue weighted by molar-refractivity contribution is 0.0526. The van der Waals surface area contributed by atoms with Crippen molar-refractivity contribution in [3.8, 4) is 0 Å². The Morgan fingerprint density at radius 1 is 1.21 bits per heavy atom. The molecule has 2 aromatic rings. The van der Waals surface area contributed by atoms with Gasteiger partial charge in [-0.05, 0) is 39.0 Å². The molecule has 1 aromatic heterocycles. The zero-order chi connectivity index (χ0) is 17.7. The average molecular weight is 328 g/mol. The van der Waals surface area contributed by atoms with Gasteiger partial charge in [-0.25, -0.2) is 4.79 Å². The summed E-state index contributed by atoms with van der Waals surface area (Å²) in [4.78, 5) is 40.9. The quantitative estimate of drug-likeness (QED) is 0.855. The van der Waals surface area contributed by atoms with E-state index in [0.717, 1.165) is 0 Å². The third-order valence-electron chi connectivity index (χ3n) is 3.52. The summed E-state index contributed by atoms with van der Waals surface area (Å²) in [5.41, 5.74) is 1.30. The highest BCUT2D eigenvalue weighted by Gasteiger charge is 2.20. The number of carbonyl (C=O) groups is 2. The first-order valence-corrected chi connectivity index (χ1v) is 7.76. The van der Waals surface area contributed by atoms with Crippen molar-refractivity contribution >= 4 is 17.6 Å². The van der Waals surface area contributed by atoms with E-state index in [9.17, 15) is 14.4 Å². The van der Waals surface area contributed by atoms with E-state index in [-0.39, 0.29) is 17.6 Å². The normalized spacial score (nSPS) is 10.3. The molecule has 1 heterocycles. The predicted molar refractivity (Wildman–Crippen MR) is 91.5 cm³/mol. The highest BCUT2D eigenvalue weighted by atomic mass is 16.5. The number of rotatable bonds is 5. The molecule has 0 aliphatic rings. The van der Waals surface area contributed by atoms with Gasteiger partial charge in [-0.2, -0.15) is 0 Å². The summed E-state index contributed by atoms with van der Waals surface area (Å²) in [6, 6.07) is 7.99. The van der Waals surface area contributed by atoms with Crippen LogP contribution >= 0.6 is 0 Å². The number of nitrogens with one attached hydrogen (secondary N) is 1. The van der Waals surface area contributed by atoms with Crippen molar-refractivity contribution in [2.75, 3.05) is 18.1 Å². The maximum Gasteiger partial charge on any atom is 0.338 e. The second-order valence-electron chi connectivity index (χ2n) is 5.21. The number of esters is 1. The van der Waals surface area contributed by atoms with E-state index in [1.54, 1.807) is 45.0 Å². The summed E-state index contributed by atoms with van der Waals surface area (Å²) < 4.78 is 4.98. The Bertz CT molecular complexity index is 811. The first kappa shape index (κ1) is 17.5. The zero-order valence-electron chi connectivity index (χ0n) is 14.0. The van der Waals surface area contributed by atoms with Crippen LogP contribution in [-0.2, 0) is 4.74 Å². The van der Waals surface area contributed by atoms with E-state index in [4.69, 9.17) is 4.74 Å². The molecule has 0 saturated carbocycles. The molecule has 0 atom stereocenters. The number of amides is 1. The predicted octanol–water partition coefficient (Wildman–Crippen LogP) is 2.53. The van der Waals surface area contributed by atoms with E-state index >= 15 is 0 Å². The largest absolute Gasteiger partial charge is 0.462 e. The first-order chi connectivity index (χ1) is 11.5. The van der Waals surface area contributed by atoms with Gasteiger partial charge in [0.05, 0.1) is 12.2 Å². The molecule has 1 N–H and O–H groups in total. The lowest BCUT2D eigenvalue weighted by Gasteiger charge is -2.21. The fourth-order valence-corrected chi connectivity index (χ4v) is 2.34. The average Bonchev–Trinajstić information content (AvgIpc) is 2.56. The highest BCUT2D eigenvalue weighted by Crippen LogP contribution is 2.18. The van der Waals surface area contributed by atoms with Gasteiger partial charge in [0, 0.05) is 30.2 Å². The number of nitrogens with zero attached hydrogens (tertiary/aromatic N) is 1. The minimum atomic E-state index is -0.448. The summed E-state index contributed by atoms with van der Waals surface area (Å²) in [5.74, 6) is -0.865. The number of hydrogen-bond acceptors (Lipinski definition) is 4. The number of benzene rings is 1. The van der Waals surface area contributed by atoms with Gasteiger partial charge in [-0.15, -0.1) is 0 Å². The van der Waals surface area contributed by atoms with Crippen LogP contribution in [0, 0.1) is 6.92 Å². The standard InChI is InChI=1S/C18H20N2O4/c1-4-20(17(22)15-11-19-12(3)9-16(15)21)14-8-6-7-13(10-14)18(23)24-5-2/h6-11H,4-5H2,1-3H3,(H,19,21). The summed E-state index contributed by atoms with van der Waals surface area (Å²) in [5, 5.41) is 0. The van der Waals surface area contributed by atoms with Crippen LogP contribution in [0.1, 0.15) is 40.3 Å². The molecule has 2 rings (SSSR count). The minimum Gasteiger partial charge on any atom is -0.462 e. The van der Waals surface area contributed by atoms with Crippen molar-refractivity contribution in [2.45, 2.75) is 20.8 Å². The molecule has 126 valence electrons. The molecule has 0 radical (unpaired) electrons. The van der Waals surface area contributed by atoms with Gasteiger partial charge in [-0.1, -0.05) is 6.07 Å². The van der Waals surface area contributed by atoms with Gasteiger partial charge in [0.2, 0.25) is 0 Å². The van der Waals surface area contributed by atoms with Crippen molar-refractivity contribution in [1.82, 2.24) is 4.98 Å². The molecular formula is C18H20N2O4. The van der Waals surface area contributed by atoms with Crippen molar-refractivity contribution in [1.29, 1.82) is 0 Å². The van der Waals surface area contributed by atoms with Crippen LogP contribution in [0.15, 0.2) is 41.3 Å². The molecule has 0 aliphatic carbocycles. The number of aryl methyl sites for hydroxylation is 1. The topological polar surface area (TPSA) is 79.5 Å². The Labute approximate surface area is 140 Å². The molecule has 0 spiro atoms. The molecule has 0 unspecified atom stereocenters. The number of H-pyrrole nitrogens is 1. The van der Waals surface area contributed by atoms with Crippen LogP contribution in [-0.4, -0.2) is 30.0 Å². The van der Waals surface area contributed by atoms with E-state index < -0.39 is 11.9 Å². The van der Waals surface area contributed by atoms with Crippen molar-refractivity contribution < 1.29 is 14.3 Å². The van der Waals surface area contributed by atoms with Crippen LogP contribution in [0.4, 0.5) is 5.69 Å². The molecule has 1 aromatic carbocycles.